The molecule has 2 atom stereocenters. The van der Waals surface area contributed by atoms with Crippen LogP contribution in [0.2, 0.25) is 0 Å². The van der Waals surface area contributed by atoms with Crippen LogP contribution in [0.5, 0.6) is 23.1 Å². The quantitative estimate of drug-likeness (QED) is 0.611. The van der Waals surface area contributed by atoms with E-state index in [0.717, 1.165) is 35.3 Å². The second kappa shape index (κ2) is 8.47. The van der Waals surface area contributed by atoms with Gasteiger partial charge in [-0.3, -0.25) is 9.52 Å². The Kier molecular flexibility index (Phi) is 5.36. The number of aromatic nitrogens is 1. The number of amides is 1. The number of pyridine rings is 1. The summed E-state index contributed by atoms with van der Waals surface area (Å²) in [7, 11) is 0.0887. The van der Waals surface area contributed by atoms with E-state index in [0.29, 0.717) is 22.3 Å². The predicted octanol–water partition coefficient (Wildman–Crippen LogP) is 4.08. The van der Waals surface area contributed by atoms with Crippen molar-refractivity contribution in [2.75, 3.05) is 7.11 Å². The number of rotatable bonds is 6. The van der Waals surface area contributed by atoms with Gasteiger partial charge >= 0.3 is 0 Å². The van der Waals surface area contributed by atoms with Crippen LogP contribution >= 0.6 is 0 Å². The monoisotopic (exact) mass is 448 g/mol. The van der Waals surface area contributed by atoms with Gasteiger partial charge in [-0.25, -0.2) is 9.19 Å². The first-order chi connectivity index (χ1) is 15.6. The Labute approximate surface area is 187 Å². The second-order valence-electron chi connectivity index (χ2n) is 7.38. The molecular weight excluding hydrogens is 428 g/mol. The number of ether oxygens (including phenoxy) is 3. The van der Waals surface area contributed by atoms with Crippen LogP contribution in [0.3, 0.4) is 0 Å². The summed E-state index contributed by atoms with van der Waals surface area (Å²) in [5.41, 5.74) is 2.93. The van der Waals surface area contributed by atoms with Gasteiger partial charge in [-0.2, -0.15) is 0 Å². The summed E-state index contributed by atoms with van der Waals surface area (Å²) < 4.78 is 31.7. The van der Waals surface area contributed by atoms with Crippen LogP contribution < -0.4 is 18.9 Å². The van der Waals surface area contributed by atoms with Crippen molar-refractivity contribution < 1.29 is 23.2 Å². The summed E-state index contributed by atoms with van der Waals surface area (Å²) in [6, 6.07) is 16.8. The minimum Gasteiger partial charge on any atom is -0.495 e. The molecule has 8 heteroatoms. The average molecular weight is 449 g/mol. The molecule has 162 valence electrons. The fourth-order valence-electron chi connectivity index (χ4n) is 3.86. The number of carbonyl (C=O) groups excluding carboxylic acids is 1. The molecule has 2 aromatic carbocycles. The van der Waals surface area contributed by atoms with E-state index in [2.05, 4.69) is 15.8 Å². The molecule has 0 saturated heterocycles. The molecule has 2 heterocycles. The predicted molar refractivity (Wildman–Crippen MR) is 120 cm³/mol. The van der Waals surface area contributed by atoms with E-state index >= 15 is 0 Å². The van der Waals surface area contributed by atoms with Gasteiger partial charge in [0.15, 0.2) is 11.0 Å². The minimum atomic E-state index is -1.51. The standard InChI is InChI=1S/C24H20N2O5S/c1-29-17-9-12-24(25-14-17)31-20-4-2-3-18-19(20)10-11-21(18)30-16-7-5-15(6-8-16)22-13-23(27)26-32(22)28/h2-9,12-14,21H,10-11H2,1H3,(H,26,27). The van der Waals surface area contributed by atoms with Crippen molar-refractivity contribution in [3.63, 3.8) is 0 Å². The zero-order chi connectivity index (χ0) is 22.1. The van der Waals surface area contributed by atoms with Gasteiger partial charge in [-0.15, -0.1) is 0 Å². The molecule has 1 N–H and O–H groups in total. The highest BCUT2D eigenvalue weighted by Crippen LogP contribution is 2.41. The van der Waals surface area contributed by atoms with Crippen LogP contribution in [0.1, 0.15) is 29.2 Å². The maximum absolute atomic E-state index is 11.9. The number of nitrogens with one attached hydrogen (secondary N) is 1. The lowest BCUT2D eigenvalue weighted by atomic mass is 10.1. The number of hydrogen-bond donors (Lipinski definition) is 1. The lowest BCUT2D eigenvalue weighted by molar-refractivity contribution is -0.114. The molecule has 32 heavy (non-hydrogen) atoms. The van der Waals surface area contributed by atoms with Gasteiger partial charge in [-0.1, -0.05) is 24.3 Å². The van der Waals surface area contributed by atoms with Crippen molar-refractivity contribution >= 4 is 21.8 Å². The van der Waals surface area contributed by atoms with Crippen LogP contribution in [-0.2, 0) is 22.2 Å². The van der Waals surface area contributed by atoms with E-state index in [1.165, 1.54) is 6.08 Å². The van der Waals surface area contributed by atoms with E-state index in [4.69, 9.17) is 14.2 Å². The normalized spacial score (nSPS) is 19.2. The zero-order valence-corrected chi connectivity index (χ0v) is 18.1. The van der Waals surface area contributed by atoms with Gasteiger partial charge in [0, 0.05) is 17.7 Å². The van der Waals surface area contributed by atoms with Crippen molar-refractivity contribution in [3.8, 4) is 23.1 Å². The zero-order valence-electron chi connectivity index (χ0n) is 17.2. The van der Waals surface area contributed by atoms with Gasteiger partial charge < -0.3 is 14.2 Å². The maximum Gasteiger partial charge on any atom is 0.257 e. The van der Waals surface area contributed by atoms with Crippen LogP contribution in [0, 0.1) is 0 Å². The third kappa shape index (κ3) is 3.97. The van der Waals surface area contributed by atoms with Crippen LogP contribution in [-0.4, -0.2) is 22.2 Å². The largest absolute Gasteiger partial charge is 0.495 e. The Morgan fingerprint density at radius 3 is 2.56 bits per heavy atom. The summed E-state index contributed by atoms with van der Waals surface area (Å²) in [5, 5.41) is 0. The molecule has 0 spiro atoms. The highest BCUT2D eigenvalue weighted by Gasteiger charge is 2.27. The average Bonchev–Trinajstić information content (AvgIpc) is 3.38. The Morgan fingerprint density at radius 1 is 1.06 bits per heavy atom. The van der Waals surface area contributed by atoms with Crippen molar-refractivity contribution in [2.24, 2.45) is 0 Å². The summed E-state index contributed by atoms with van der Waals surface area (Å²) in [6.45, 7) is 0. The molecule has 7 nitrogen and oxygen atoms in total. The van der Waals surface area contributed by atoms with E-state index in [1.54, 1.807) is 19.4 Å². The lowest BCUT2D eigenvalue weighted by Gasteiger charge is -2.16. The smallest absolute Gasteiger partial charge is 0.257 e. The highest BCUT2D eigenvalue weighted by atomic mass is 32.2. The van der Waals surface area contributed by atoms with Crippen LogP contribution in [0.4, 0.5) is 0 Å². The van der Waals surface area contributed by atoms with Gasteiger partial charge in [-0.05, 0) is 48.2 Å². The van der Waals surface area contributed by atoms with E-state index in [1.807, 2.05) is 42.5 Å². The van der Waals surface area contributed by atoms with Crippen molar-refractivity contribution in [1.82, 2.24) is 9.71 Å². The summed E-state index contributed by atoms with van der Waals surface area (Å²) in [4.78, 5) is 16.1. The van der Waals surface area contributed by atoms with Gasteiger partial charge in [0.2, 0.25) is 5.88 Å². The van der Waals surface area contributed by atoms with E-state index in [9.17, 15) is 9.00 Å². The number of carbonyl (C=O) groups is 1. The number of fused-ring (bicyclic) bond motifs is 1. The first-order valence-corrected chi connectivity index (χ1v) is 11.3. The van der Waals surface area contributed by atoms with E-state index in [-0.39, 0.29) is 12.0 Å². The minimum absolute atomic E-state index is 0.0914. The number of benzene rings is 2. The molecule has 1 aliphatic carbocycles. The third-order valence-corrected chi connectivity index (χ3v) is 6.54. The molecule has 0 bridgehead atoms. The third-order valence-electron chi connectivity index (χ3n) is 5.40. The maximum atomic E-state index is 11.9. The summed E-state index contributed by atoms with van der Waals surface area (Å²) >= 11 is 0. The van der Waals surface area contributed by atoms with Gasteiger partial charge in [0.25, 0.3) is 5.91 Å². The fraction of sp³-hybridized carbons (Fsp3) is 0.167. The molecule has 0 fully saturated rings. The van der Waals surface area contributed by atoms with E-state index < -0.39 is 11.0 Å². The number of methoxy groups -OCH3 is 1. The first-order valence-electron chi connectivity index (χ1n) is 10.1. The molecule has 1 amide bonds. The summed E-state index contributed by atoms with van der Waals surface area (Å²) in [5.74, 6) is 2.32. The number of hydrogen-bond acceptors (Lipinski definition) is 6. The SMILES string of the molecule is COc1ccc(Oc2cccc3c2CCC3Oc2ccc(C3=CC(=O)NS3=O)cc2)nc1. The Morgan fingerprint density at radius 2 is 1.88 bits per heavy atom. The molecule has 0 radical (unpaired) electrons. The molecule has 1 aliphatic heterocycles. The van der Waals surface area contributed by atoms with Crippen molar-refractivity contribution in [2.45, 2.75) is 18.9 Å². The molecule has 2 unspecified atom stereocenters. The van der Waals surface area contributed by atoms with Gasteiger partial charge in [0.1, 0.15) is 23.4 Å². The number of nitrogens with zero attached hydrogens (tertiary/aromatic N) is 1. The lowest BCUT2D eigenvalue weighted by Crippen LogP contribution is -2.16. The molecule has 0 saturated carbocycles. The van der Waals surface area contributed by atoms with Gasteiger partial charge in [0.05, 0.1) is 18.2 Å². The summed E-state index contributed by atoms with van der Waals surface area (Å²) in [6.07, 6.45) is 4.56. The first kappa shape index (κ1) is 20.3. The Bertz CT molecular complexity index is 1220. The fourth-order valence-corrected chi connectivity index (χ4v) is 4.78. The molecule has 1 aromatic heterocycles. The second-order valence-corrected chi connectivity index (χ2v) is 8.56. The molecule has 2 aliphatic rings. The molecular formula is C24H20N2O5S. The molecule has 3 aromatic rings. The van der Waals surface area contributed by atoms with Crippen LogP contribution in [0.15, 0.2) is 66.9 Å². The van der Waals surface area contributed by atoms with Crippen LogP contribution in [0.25, 0.3) is 4.91 Å². The molecule has 5 rings (SSSR count). The Hall–Kier alpha value is -3.65. The Balaban J connectivity index is 1.31. The highest BCUT2D eigenvalue weighted by molar-refractivity contribution is 7.93. The van der Waals surface area contributed by atoms with Crippen molar-refractivity contribution in [1.29, 1.82) is 0 Å². The van der Waals surface area contributed by atoms with Crippen molar-refractivity contribution in [3.05, 3.63) is 83.6 Å². The topological polar surface area (TPSA) is 86.8 Å².